The summed E-state index contributed by atoms with van der Waals surface area (Å²) in [5.74, 6) is 0. The zero-order chi connectivity index (χ0) is 18.9. The third-order valence-corrected chi connectivity index (χ3v) is 4.95. The first-order valence-electron chi connectivity index (χ1n) is 7.41. The van der Waals surface area contributed by atoms with Gasteiger partial charge in [0.2, 0.25) is 0 Å². The van der Waals surface area contributed by atoms with Gasteiger partial charge in [-0.25, -0.2) is 4.21 Å². The highest BCUT2D eigenvalue weighted by Gasteiger charge is 2.51. The third kappa shape index (κ3) is 4.18. The Labute approximate surface area is 144 Å². The average molecular weight is 390 g/mol. The summed E-state index contributed by atoms with van der Waals surface area (Å²) in [6.45, 7) is -1.47. The lowest BCUT2D eigenvalue weighted by Gasteiger charge is -2.45. The number of aliphatic hydroxyl groups excluding tert-OH is 7. The van der Waals surface area contributed by atoms with E-state index in [1.165, 1.54) is 0 Å². The molecule has 2 aliphatic heterocycles. The van der Waals surface area contributed by atoms with Gasteiger partial charge >= 0.3 is 0 Å². The molecular weight excluding hydrogens is 368 g/mol. The maximum absolute atomic E-state index is 11.1. The molecule has 0 aromatic heterocycles. The summed E-state index contributed by atoms with van der Waals surface area (Å²) in [5, 5.41) is 67.8. The molecule has 13 heteroatoms. The molecule has 2 fully saturated rings. The summed E-state index contributed by atoms with van der Waals surface area (Å²) >= 11 is -2.66. The highest BCUT2D eigenvalue weighted by molar-refractivity contribution is 7.79. The van der Waals surface area contributed by atoms with Gasteiger partial charge in [0.25, 0.3) is 0 Å². The summed E-state index contributed by atoms with van der Waals surface area (Å²) in [5.41, 5.74) is -1.69. The predicted octanol–water partition coefficient (Wildman–Crippen LogP) is -5.17. The Hall–Kier alpha value is -0.290. The van der Waals surface area contributed by atoms with Crippen LogP contribution < -0.4 is 0 Å². The van der Waals surface area contributed by atoms with E-state index >= 15 is 0 Å². The minimum atomic E-state index is -2.66. The van der Waals surface area contributed by atoms with Crippen molar-refractivity contribution < 1.29 is 58.7 Å². The maximum Gasteiger partial charge on any atom is 0.187 e. The van der Waals surface area contributed by atoms with Crippen molar-refractivity contribution in [1.82, 2.24) is 0 Å². The molecule has 11 atom stereocenters. The number of hydrogen-bond donors (Lipinski definition) is 8. The smallest absolute Gasteiger partial charge is 0.187 e. The second-order valence-corrected chi connectivity index (χ2v) is 6.80. The Morgan fingerprint density at radius 1 is 0.800 bits per heavy atom. The molecule has 0 aromatic rings. The van der Waals surface area contributed by atoms with Gasteiger partial charge in [-0.15, -0.1) is 0 Å². The Kier molecular flexibility index (Phi) is 7.23. The molecular formula is C12H22O12S. The monoisotopic (exact) mass is 390 g/mol. The molecule has 0 amide bonds. The van der Waals surface area contributed by atoms with Gasteiger partial charge in [0.1, 0.15) is 48.8 Å². The molecule has 0 aromatic carbocycles. The molecule has 5 unspecified atom stereocenters. The van der Waals surface area contributed by atoms with Crippen LogP contribution in [-0.2, 0) is 25.3 Å². The van der Waals surface area contributed by atoms with Crippen LogP contribution >= 0.6 is 0 Å². The van der Waals surface area contributed by atoms with Gasteiger partial charge < -0.3 is 54.5 Å². The van der Waals surface area contributed by atoms with Crippen LogP contribution in [-0.4, -0.2) is 118 Å². The molecule has 25 heavy (non-hydrogen) atoms. The van der Waals surface area contributed by atoms with Gasteiger partial charge in [0, 0.05) is 0 Å². The fraction of sp³-hybridized carbons (Fsp3) is 1.00. The standard InChI is InChI=1S/C12H22O12S/c13-1-3-5(15)6(16)8(18)11(22-3)24-10-4(2-14)23-12(25(20)21)9(19)7(10)17/h3-19H,1-2H2,(H,20,21)/t3?,4?,5-,6+,7-,8?,9?,10-,11-,12+/m1/s1. The summed E-state index contributed by atoms with van der Waals surface area (Å²) in [4.78, 5) is 0. The highest BCUT2D eigenvalue weighted by Crippen LogP contribution is 2.29. The summed E-state index contributed by atoms with van der Waals surface area (Å²) in [6.07, 6.45) is -14.5. The van der Waals surface area contributed by atoms with Gasteiger partial charge in [-0.05, 0) is 0 Å². The number of hydrogen-bond acceptors (Lipinski definition) is 11. The van der Waals surface area contributed by atoms with Crippen LogP contribution in [0.4, 0.5) is 0 Å². The third-order valence-electron chi connectivity index (χ3n) is 4.16. The molecule has 0 bridgehead atoms. The molecule has 0 aliphatic carbocycles. The van der Waals surface area contributed by atoms with Crippen LogP contribution in [0.25, 0.3) is 0 Å². The van der Waals surface area contributed by atoms with Crippen molar-refractivity contribution in [2.75, 3.05) is 13.2 Å². The van der Waals surface area contributed by atoms with E-state index in [2.05, 4.69) is 0 Å². The molecule has 8 N–H and O–H groups in total. The van der Waals surface area contributed by atoms with E-state index in [4.69, 9.17) is 23.9 Å². The van der Waals surface area contributed by atoms with Crippen molar-refractivity contribution in [3.8, 4) is 0 Å². The zero-order valence-corrected chi connectivity index (χ0v) is 13.6. The average Bonchev–Trinajstić information content (AvgIpc) is 2.58. The quantitative estimate of drug-likeness (QED) is 0.207. The van der Waals surface area contributed by atoms with Crippen molar-refractivity contribution in [2.45, 2.75) is 60.6 Å². The van der Waals surface area contributed by atoms with Crippen LogP contribution in [0.1, 0.15) is 0 Å². The fourth-order valence-electron chi connectivity index (χ4n) is 2.72. The molecule has 148 valence electrons. The lowest BCUT2D eigenvalue weighted by Crippen LogP contribution is -2.64. The number of aliphatic hydroxyl groups is 7. The van der Waals surface area contributed by atoms with Crippen molar-refractivity contribution >= 4 is 11.1 Å². The topological polar surface area (TPSA) is 207 Å². The van der Waals surface area contributed by atoms with E-state index in [1.54, 1.807) is 0 Å². The van der Waals surface area contributed by atoms with Gasteiger partial charge in [0.05, 0.1) is 13.2 Å². The largest absolute Gasteiger partial charge is 0.394 e. The second-order valence-electron chi connectivity index (χ2n) is 5.78. The van der Waals surface area contributed by atoms with Crippen LogP contribution in [0, 0.1) is 0 Å². The minimum Gasteiger partial charge on any atom is -0.394 e. The second kappa shape index (κ2) is 8.60. The number of ether oxygens (including phenoxy) is 3. The molecule has 0 saturated carbocycles. The maximum atomic E-state index is 11.1. The Balaban J connectivity index is 2.15. The summed E-state index contributed by atoms with van der Waals surface area (Å²) < 4.78 is 35.6. The minimum absolute atomic E-state index is 0.702. The van der Waals surface area contributed by atoms with E-state index in [1.807, 2.05) is 0 Å². The van der Waals surface area contributed by atoms with Crippen molar-refractivity contribution in [3.63, 3.8) is 0 Å². The summed E-state index contributed by atoms with van der Waals surface area (Å²) in [6, 6.07) is 0. The van der Waals surface area contributed by atoms with Crippen LogP contribution in [0.5, 0.6) is 0 Å². The van der Waals surface area contributed by atoms with Gasteiger partial charge in [0.15, 0.2) is 22.8 Å². The first-order valence-corrected chi connectivity index (χ1v) is 8.58. The lowest BCUT2D eigenvalue weighted by molar-refractivity contribution is -0.338. The molecule has 2 heterocycles. The molecule has 2 rings (SSSR count). The van der Waals surface area contributed by atoms with E-state index in [-0.39, 0.29) is 0 Å². The van der Waals surface area contributed by atoms with Gasteiger partial charge in [-0.1, -0.05) is 0 Å². The van der Waals surface area contributed by atoms with Crippen molar-refractivity contribution in [3.05, 3.63) is 0 Å². The van der Waals surface area contributed by atoms with Crippen molar-refractivity contribution in [2.24, 2.45) is 0 Å². The first-order chi connectivity index (χ1) is 11.7. The molecule has 0 radical (unpaired) electrons. The Bertz CT molecular complexity index is 461. The van der Waals surface area contributed by atoms with E-state index < -0.39 is 84.9 Å². The fourth-order valence-corrected chi connectivity index (χ4v) is 3.36. The zero-order valence-electron chi connectivity index (χ0n) is 12.8. The first kappa shape index (κ1) is 21.0. The van der Waals surface area contributed by atoms with E-state index in [0.29, 0.717) is 0 Å². The van der Waals surface area contributed by atoms with Crippen LogP contribution in [0.3, 0.4) is 0 Å². The normalized spacial score (nSPS) is 49.8. The number of rotatable bonds is 5. The van der Waals surface area contributed by atoms with E-state index in [0.717, 1.165) is 0 Å². The highest BCUT2D eigenvalue weighted by atomic mass is 32.2. The molecule has 2 aliphatic rings. The lowest BCUT2D eigenvalue weighted by atomic mass is 9.97. The Morgan fingerprint density at radius 2 is 1.40 bits per heavy atom. The predicted molar refractivity (Wildman–Crippen MR) is 77.2 cm³/mol. The van der Waals surface area contributed by atoms with Crippen LogP contribution in [0.15, 0.2) is 0 Å². The summed E-state index contributed by atoms with van der Waals surface area (Å²) in [7, 11) is 0. The van der Waals surface area contributed by atoms with Crippen LogP contribution in [0.2, 0.25) is 0 Å². The molecule has 2 saturated heterocycles. The van der Waals surface area contributed by atoms with Gasteiger partial charge in [-0.3, -0.25) is 0 Å². The van der Waals surface area contributed by atoms with E-state index in [9.17, 15) is 34.8 Å². The Morgan fingerprint density at radius 3 is 1.92 bits per heavy atom. The van der Waals surface area contributed by atoms with Gasteiger partial charge in [-0.2, -0.15) is 0 Å². The molecule has 0 spiro atoms. The molecule has 12 nitrogen and oxygen atoms in total. The van der Waals surface area contributed by atoms with Crippen molar-refractivity contribution in [1.29, 1.82) is 0 Å². The SMILES string of the molecule is O=S(O)[C@@H]1OC(CO)[C@@H](O[C@H]2OC(CO)[C@@H](O)[C@H](O)C2O)[C@H](O)C1O.